The minimum atomic E-state index is -3.14. The summed E-state index contributed by atoms with van der Waals surface area (Å²) in [5.74, 6) is 0. The Morgan fingerprint density at radius 3 is 2.56 bits per heavy atom. The monoisotopic (exact) mass is 248 g/mol. The first kappa shape index (κ1) is 12.3. The van der Waals surface area contributed by atoms with Crippen LogP contribution in [0.25, 0.3) is 0 Å². The van der Waals surface area contributed by atoms with Gasteiger partial charge in [-0.25, -0.2) is 8.42 Å². The molecule has 1 saturated carbocycles. The van der Waals surface area contributed by atoms with Crippen LogP contribution in [0.1, 0.15) is 19.8 Å². The molecule has 1 atom stereocenters. The van der Waals surface area contributed by atoms with Crippen LogP contribution in [0.15, 0.2) is 0 Å². The van der Waals surface area contributed by atoms with Gasteiger partial charge in [0.25, 0.3) is 0 Å². The Morgan fingerprint density at radius 2 is 2.00 bits per heavy atom. The van der Waals surface area contributed by atoms with Crippen LogP contribution in [0, 0.1) is 0 Å². The van der Waals surface area contributed by atoms with Crippen molar-refractivity contribution in [3.05, 3.63) is 0 Å². The number of nitrogens with zero attached hydrogens (tertiary/aromatic N) is 1. The molecular weight excluding hydrogens is 228 g/mol. The van der Waals surface area contributed by atoms with Crippen molar-refractivity contribution in [2.45, 2.75) is 31.1 Å². The summed E-state index contributed by atoms with van der Waals surface area (Å²) in [5, 5.41) is 2.92. The van der Waals surface area contributed by atoms with Gasteiger partial charge in [-0.15, -0.1) is 0 Å². The molecule has 2 fully saturated rings. The first-order valence-corrected chi connectivity index (χ1v) is 7.41. The quantitative estimate of drug-likeness (QED) is 0.731. The van der Waals surface area contributed by atoms with Crippen molar-refractivity contribution in [1.82, 2.24) is 9.62 Å². The topological polar surface area (TPSA) is 58.6 Å². The average molecular weight is 248 g/mol. The fourth-order valence-electron chi connectivity index (χ4n) is 1.78. The molecule has 2 rings (SSSR count). The third-order valence-electron chi connectivity index (χ3n) is 3.11. The van der Waals surface area contributed by atoms with Gasteiger partial charge in [0.05, 0.1) is 18.5 Å². The molecule has 0 aromatic heterocycles. The summed E-state index contributed by atoms with van der Waals surface area (Å²) in [4.78, 5) is 0. The number of nitrogens with one attached hydrogen (secondary N) is 1. The molecular formula is C10H20N2O3S. The number of hydrogen-bond acceptors (Lipinski definition) is 4. The fraction of sp³-hybridized carbons (Fsp3) is 1.00. The standard InChI is InChI=1S/C10H20N2O3S/c1-9(8-11-10-2-3-10)16(13,14)12-4-6-15-7-5-12/h9-11H,2-8H2,1H3. The van der Waals surface area contributed by atoms with Crippen molar-refractivity contribution in [3.63, 3.8) is 0 Å². The molecule has 1 aliphatic carbocycles. The van der Waals surface area contributed by atoms with Crippen LogP contribution in [0.4, 0.5) is 0 Å². The zero-order chi connectivity index (χ0) is 11.6. The first-order valence-electron chi connectivity index (χ1n) is 5.91. The SMILES string of the molecule is CC(CNC1CC1)S(=O)(=O)N1CCOCC1. The van der Waals surface area contributed by atoms with Crippen LogP contribution in [0.5, 0.6) is 0 Å². The highest BCUT2D eigenvalue weighted by molar-refractivity contribution is 7.89. The lowest BCUT2D eigenvalue weighted by atomic mass is 10.4. The van der Waals surface area contributed by atoms with Crippen molar-refractivity contribution >= 4 is 10.0 Å². The third-order valence-corrected chi connectivity index (χ3v) is 5.38. The zero-order valence-electron chi connectivity index (χ0n) is 9.68. The predicted molar refractivity (Wildman–Crippen MR) is 61.8 cm³/mol. The van der Waals surface area contributed by atoms with E-state index >= 15 is 0 Å². The summed E-state index contributed by atoms with van der Waals surface area (Å²) in [6.45, 7) is 4.36. The summed E-state index contributed by atoms with van der Waals surface area (Å²) >= 11 is 0. The molecule has 6 heteroatoms. The van der Waals surface area contributed by atoms with E-state index in [0.29, 0.717) is 38.9 Å². The Morgan fingerprint density at radius 1 is 1.38 bits per heavy atom. The van der Waals surface area contributed by atoms with E-state index in [4.69, 9.17) is 4.74 Å². The molecule has 1 unspecified atom stereocenters. The van der Waals surface area contributed by atoms with Crippen molar-refractivity contribution in [2.24, 2.45) is 0 Å². The van der Waals surface area contributed by atoms with Crippen molar-refractivity contribution in [3.8, 4) is 0 Å². The predicted octanol–water partition coefficient (Wildman–Crippen LogP) is -0.211. The second kappa shape index (κ2) is 5.00. The number of ether oxygens (including phenoxy) is 1. The Balaban J connectivity index is 1.87. The van der Waals surface area contributed by atoms with Gasteiger partial charge < -0.3 is 10.1 Å². The Kier molecular flexibility index (Phi) is 3.84. The van der Waals surface area contributed by atoms with Crippen LogP contribution >= 0.6 is 0 Å². The summed E-state index contributed by atoms with van der Waals surface area (Å²) in [7, 11) is -3.14. The molecule has 5 nitrogen and oxygen atoms in total. The van der Waals surface area contributed by atoms with Crippen LogP contribution in [-0.2, 0) is 14.8 Å². The van der Waals surface area contributed by atoms with Gasteiger partial charge in [0.1, 0.15) is 0 Å². The molecule has 0 spiro atoms. The van der Waals surface area contributed by atoms with Crippen LogP contribution in [-0.4, -0.2) is 56.9 Å². The molecule has 0 bridgehead atoms. The van der Waals surface area contributed by atoms with Gasteiger partial charge in [-0.1, -0.05) is 0 Å². The minimum absolute atomic E-state index is 0.341. The number of morpholine rings is 1. The smallest absolute Gasteiger partial charge is 0.218 e. The van der Waals surface area contributed by atoms with Gasteiger partial charge in [0.15, 0.2) is 0 Å². The normalized spacial score (nSPS) is 25.6. The molecule has 94 valence electrons. The van der Waals surface area contributed by atoms with Gasteiger partial charge in [0, 0.05) is 25.7 Å². The summed E-state index contributed by atoms with van der Waals surface area (Å²) in [6, 6.07) is 0.558. The fourth-order valence-corrected chi connectivity index (χ4v) is 3.25. The Bertz CT molecular complexity index is 321. The number of sulfonamides is 1. The third kappa shape index (κ3) is 2.94. The van der Waals surface area contributed by atoms with Gasteiger partial charge in [-0.05, 0) is 19.8 Å². The minimum Gasteiger partial charge on any atom is -0.379 e. The molecule has 1 aliphatic heterocycles. The van der Waals surface area contributed by atoms with E-state index in [1.807, 2.05) is 0 Å². The molecule has 2 aliphatic rings. The maximum absolute atomic E-state index is 12.1. The lowest BCUT2D eigenvalue weighted by Gasteiger charge is -2.29. The highest BCUT2D eigenvalue weighted by atomic mass is 32.2. The second-order valence-corrected chi connectivity index (χ2v) is 6.90. The van der Waals surface area contributed by atoms with Gasteiger partial charge >= 0.3 is 0 Å². The summed E-state index contributed by atoms with van der Waals surface area (Å²) < 4.78 is 31.0. The largest absolute Gasteiger partial charge is 0.379 e. The van der Waals surface area contributed by atoms with Crippen molar-refractivity contribution < 1.29 is 13.2 Å². The highest BCUT2D eigenvalue weighted by Crippen LogP contribution is 2.19. The molecule has 0 radical (unpaired) electrons. The van der Waals surface area contributed by atoms with Crippen LogP contribution < -0.4 is 5.32 Å². The lowest BCUT2D eigenvalue weighted by Crippen LogP contribution is -2.47. The maximum Gasteiger partial charge on any atom is 0.218 e. The molecule has 1 N–H and O–H groups in total. The van der Waals surface area contributed by atoms with E-state index < -0.39 is 10.0 Å². The van der Waals surface area contributed by atoms with Gasteiger partial charge in [-0.3, -0.25) is 0 Å². The molecule has 0 aromatic rings. The first-order chi connectivity index (χ1) is 7.60. The zero-order valence-corrected chi connectivity index (χ0v) is 10.5. The van der Waals surface area contributed by atoms with Crippen molar-refractivity contribution in [2.75, 3.05) is 32.8 Å². The van der Waals surface area contributed by atoms with E-state index in [9.17, 15) is 8.42 Å². The number of hydrogen-bond donors (Lipinski definition) is 1. The van der Waals surface area contributed by atoms with Crippen LogP contribution in [0.2, 0.25) is 0 Å². The van der Waals surface area contributed by atoms with Crippen LogP contribution in [0.3, 0.4) is 0 Å². The Hall–Kier alpha value is -0.170. The second-order valence-electron chi connectivity index (χ2n) is 4.55. The Labute approximate surface area is 97.2 Å². The van der Waals surface area contributed by atoms with Gasteiger partial charge in [0.2, 0.25) is 10.0 Å². The molecule has 1 heterocycles. The lowest BCUT2D eigenvalue weighted by molar-refractivity contribution is 0.0726. The van der Waals surface area contributed by atoms with E-state index in [0.717, 1.165) is 0 Å². The molecule has 1 saturated heterocycles. The maximum atomic E-state index is 12.1. The van der Waals surface area contributed by atoms with Crippen molar-refractivity contribution in [1.29, 1.82) is 0 Å². The number of rotatable bonds is 5. The molecule has 0 amide bonds. The average Bonchev–Trinajstić information content (AvgIpc) is 3.11. The van der Waals surface area contributed by atoms with E-state index in [1.165, 1.54) is 12.8 Å². The van der Waals surface area contributed by atoms with E-state index in [2.05, 4.69) is 5.32 Å². The summed E-state index contributed by atoms with van der Waals surface area (Å²) in [5.41, 5.74) is 0. The highest BCUT2D eigenvalue weighted by Gasteiger charge is 2.31. The van der Waals surface area contributed by atoms with E-state index in [-0.39, 0.29) is 5.25 Å². The van der Waals surface area contributed by atoms with Gasteiger partial charge in [-0.2, -0.15) is 4.31 Å². The molecule has 0 aromatic carbocycles. The summed E-state index contributed by atoms with van der Waals surface area (Å²) in [6.07, 6.45) is 2.37. The van der Waals surface area contributed by atoms with E-state index in [1.54, 1.807) is 11.2 Å². The molecule has 16 heavy (non-hydrogen) atoms.